The SMILES string of the molecule is CN(C)C(=NCc1c(F)cc(F)cc1F)N(C)C. The van der Waals surface area contributed by atoms with Crippen molar-refractivity contribution < 1.29 is 13.2 Å². The van der Waals surface area contributed by atoms with Gasteiger partial charge in [0.1, 0.15) is 17.5 Å². The zero-order chi connectivity index (χ0) is 13.9. The number of hydrogen-bond acceptors (Lipinski definition) is 1. The molecule has 0 aliphatic carbocycles. The third kappa shape index (κ3) is 3.38. The van der Waals surface area contributed by atoms with Gasteiger partial charge >= 0.3 is 0 Å². The van der Waals surface area contributed by atoms with Crippen LogP contribution >= 0.6 is 0 Å². The van der Waals surface area contributed by atoms with Crippen LogP contribution in [0.1, 0.15) is 5.56 Å². The van der Waals surface area contributed by atoms with Crippen molar-refractivity contribution in [1.29, 1.82) is 0 Å². The summed E-state index contributed by atoms with van der Waals surface area (Å²) in [5.41, 5.74) is -0.238. The molecule has 6 heteroatoms. The van der Waals surface area contributed by atoms with Crippen molar-refractivity contribution in [2.75, 3.05) is 28.2 Å². The molecule has 100 valence electrons. The Morgan fingerprint density at radius 1 is 1.00 bits per heavy atom. The lowest BCUT2D eigenvalue weighted by molar-refractivity contribution is 0.476. The molecule has 0 aliphatic rings. The molecule has 0 fully saturated rings. The average Bonchev–Trinajstić information content (AvgIpc) is 2.20. The molecule has 0 spiro atoms. The van der Waals surface area contributed by atoms with Gasteiger partial charge in [0.25, 0.3) is 0 Å². The largest absolute Gasteiger partial charge is 0.349 e. The van der Waals surface area contributed by atoms with E-state index in [1.165, 1.54) is 0 Å². The number of halogens is 3. The Balaban J connectivity index is 3.01. The summed E-state index contributed by atoms with van der Waals surface area (Å²) in [6.07, 6.45) is 0. The first-order valence-corrected chi connectivity index (χ1v) is 5.35. The van der Waals surface area contributed by atoms with Crippen LogP contribution in [0.3, 0.4) is 0 Å². The summed E-state index contributed by atoms with van der Waals surface area (Å²) in [5.74, 6) is -2.21. The normalized spacial score (nSPS) is 10.2. The van der Waals surface area contributed by atoms with Crippen LogP contribution in [-0.4, -0.2) is 44.0 Å². The van der Waals surface area contributed by atoms with Crippen LogP contribution in [0.5, 0.6) is 0 Å². The predicted octanol–water partition coefficient (Wildman–Crippen LogP) is 2.08. The lowest BCUT2D eigenvalue weighted by Crippen LogP contribution is -2.35. The fourth-order valence-corrected chi connectivity index (χ4v) is 1.56. The lowest BCUT2D eigenvalue weighted by Gasteiger charge is -2.22. The third-order valence-electron chi connectivity index (χ3n) is 2.28. The molecule has 1 aromatic rings. The van der Waals surface area contributed by atoms with Crippen LogP contribution in [0, 0.1) is 17.5 Å². The maximum absolute atomic E-state index is 13.4. The second-order valence-corrected chi connectivity index (χ2v) is 4.25. The van der Waals surface area contributed by atoms with Crippen molar-refractivity contribution in [2.45, 2.75) is 6.54 Å². The molecule has 0 aromatic heterocycles. The number of guanidine groups is 1. The van der Waals surface area contributed by atoms with Crippen molar-refractivity contribution in [3.8, 4) is 0 Å². The highest BCUT2D eigenvalue weighted by atomic mass is 19.1. The number of benzene rings is 1. The summed E-state index contributed by atoms with van der Waals surface area (Å²) < 4.78 is 39.5. The molecule has 0 aliphatic heterocycles. The van der Waals surface area contributed by atoms with E-state index in [1.807, 2.05) is 0 Å². The Morgan fingerprint density at radius 3 is 1.83 bits per heavy atom. The van der Waals surface area contributed by atoms with E-state index in [2.05, 4.69) is 4.99 Å². The molecule has 0 N–H and O–H groups in total. The van der Waals surface area contributed by atoms with E-state index in [0.29, 0.717) is 18.1 Å². The molecule has 0 saturated carbocycles. The molecule has 18 heavy (non-hydrogen) atoms. The molecule has 0 radical (unpaired) electrons. The van der Waals surface area contributed by atoms with Crippen molar-refractivity contribution >= 4 is 5.96 Å². The molecular weight excluding hydrogens is 243 g/mol. The van der Waals surface area contributed by atoms with E-state index < -0.39 is 17.5 Å². The number of hydrogen-bond donors (Lipinski definition) is 0. The van der Waals surface area contributed by atoms with Crippen molar-refractivity contribution in [3.63, 3.8) is 0 Å². The Hall–Kier alpha value is -1.72. The molecular formula is C12H16F3N3. The molecule has 0 bridgehead atoms. The van der Waals surface area contributed by atoms with E-state index in [9.17, 15) is 13.2 Å². The minimum atomic E-state index is -0.932. The van der Waals surface area contributed by atoms with Gasteiger partial charge in [0.2, 0.25) is 0 Å². The molecule has 3 nitrogen and oxygen atoms in total. The van der Waals surface area contributed by atoms with Crippen molar-refractivity contribution in [2.24, 2.45) is 4.99 Å². The molecule has 1 rings (SSSR count). The van der Waals surface area contributed by atoms with Gasteiger partial charge in [0.15, 0.2) is 5.96 Å². The zero-order valence-corrected chi connectivity index (χ0v) is 10.8. The van der Waals surface area contributed by atoms with Crippen LogP contribution in [0.25, 0.3) is 0 Å². The fraction of sp³-hybridized carbons (Fsp3) is 0.417. The van der Waals surface area contributed by atoms with E-state index in [-0.39, 0.29) is 12.1 Å². The summed E-state index contributed by atoms with van der Waals surface area (Å²) in [7, 11) is 7.10. The first-order chi connectivity index (χ1) is 8.32. The smallest absolute Gasteiger partial charge is 0.195 e. The first-order valence-electron chi connectivity index (χ1n) is 5.35. The summed E-state index contributed by atoms with van der Waals surface area (Å²) >= 11 is 0. The van der Waals surface area contributed by atoms with Crippen LogP contribution in [0.15, 0.2) is 17.1 Å². The van der Waals surface area contributed by atoms with Gasteiger partial charge in [-0.3, -0.25) is 0 Å². The van der Waals surface area contributed by atoms with E-state index in [0.717, 1.165) is 0 Å². The monoisotopic (exact) mass is 259 g/mol. The fourth-order valence-electron chi connectivity index (χ4n) is 1.56. The summed E-state index contributed by atoms with van der Waals surface area (Å²) in [6, 6.07) is 1.30. The Bertz CT molecular complexity index is 423. The zero-order valence-electron chi connectivity index (χ0n) is 10.8. The van der Waals surface area contributed by atoms with Gasteiger partial charge in [-0.1, -0.05) is 0 Å². The van der Waals surface area contributed by atoms with Gasteiger partial charge in [-0.25, -0.2) is 18.2 Å². The second kappa shape index (κ2) is 5.75. The highest BCUT2D eigenvalue weighted by Gasteiger charge is 2.12. The molecule has 1 aromatic carbocycles. The van der Waals surface area contributed by atoms with Gasteiger partial charge in [0.05, 0.1) is 6.54 Å². The van der Waals surface area contributed by atoms with E-state index >= 15 is 0 Å². The Morgan fingerprint density at radius 2 is 1.44 bits per heavy atom. The predicted molar refractivity (Wildman–Crippen MR) is 64.8 cm³/mol. The van der Waals surface area contributed by atoms with E-state index in [1.54, 1.807) is 38.0 Å². The molecule has 0 heterocycles. The molecule has 0 saturated heterocycles. The summed E-state index contributed by atoms with van der Waals surface area (Å²) in [6.45, 7) is -0.177. The van der Waals surface area contributed by atoms with Gasteiger partial charge < -0.3 is 9.80 Å². The molecule has 0 amide bonds. The van der Waals surface area contributed by atoms with E-state index in [4.69, 9.17) is 0 Å². The minimum Gasteiger partial charge on any atom is -0.349 e. The van der Waals surface area contributed by atoms with Gasteiger partial charge in [-0.2, -0.15) is 0 Å². The third-order valence-corrected chi connectivity index (χ3v) is 2.28. The summed E-state index contributed by atoms with van der Waals surface area (Å²) in [5, 5.41) is 0. The maximum atomic E-state index is 13.4. The highest BCUT2D eigenvalue weighted by Crippen LogP contribution is 2.15. The topological polar surface area (TPSA) is 18.8 Å². The van der Waals surface area contributed by atoms with Crippen LogP contribution < -0.4 is 0 Å². The average molecular weight is 259 g/mol. The first kappa shape index (κ1) is 14.3. The van der Waals surface area contributed by atoms with Gasteiger partial charge in [0, 0.05) is 45.9 Å². The lowest BCUT2D eigenvalue weighted by atomic mass is 10.2. The number of aliphatic imine (C=N–C) groups is 1. The molecule has 0 atom stereocenters. The maximum Gasteiger partial charge on any atom is 0.195 e. The van der Waals surface area contributed by atoms with Gasteiger partial charge in [-0.15, -0.1) is 0 Å². The van der Waals surface area contributed by atoms with Crippen molar-refractivity contribution in [3.05, 3.63) is 35.1 Å². The van der Waals surface area contributed by atoms with Crippen LogP contribution in [0.4, 0.5) is 13.2 Å². The standard InChI is InChI=1S/C12H16F3N3/c1-17(2)12(18(3)4)16-7-9-10(14)5-8(13)6-11(9)15/h5-6H,7H2,1-4H3. The number of nitrogens with zero attached hydrogens (tertiary/aromatic N) is 3. The van der Waals surface area contributed by atoms with Gasteiger partial charge in [-0.05, 0) is 0 Å². The number of rotatable bonds is 2. The highest BCUT2D eigenvalue weighted by molar-refractivity contribution is 5.79. The van der Waals surface area contributed by atoms with Crippen LogP contribution in [0.2, 0.25) is 0 Å². The second-order valence-electron chi connectivity index (χ2n) is 4.25. The van der Waals surface area contributed by atoms with Crippen molar-refractivity contribution in [1.82, 2.24) is 9.80 Å². The van der Waals surface area contributed by atoms with Crippen LogP contribution in [-0.2, 0) is 6.54 Å². The Kier molecular flexibility index (Phi) is 4.58. The minimum absolute atomic E-state index is 0.177. The Labute approximate surface area is 105 Å². The summed E-state index contributed by atoms with van der Waals surface area (Å²) in [4.78, 5) is 7.55. The quantitative estimate of drug-likeness (QED) is 0.598. The molecule has 0 unspecified atom stereocenters.